The average Bonchev–Trinajstić information content (AvgIpc) is 3.25. The number of carbonyl (C=O) groups is 1. The summed E-state index contributed by atoms with van der Waals surface area (Å²) in [6, 6.07) is 12.4. The molecule has 2 amide bonds. The number of aromatic nitrogens is 3. The first-order chi connectivity index (χ1) is 16.1. The molecule has 1 saturated heterocycles. The Morgan fingerprint density at radius 1 is 1.03 bits per heavy atom. The van der Waals surface area contributed by atoms with Gasteiger partial charge in [0.15, 0.2) is 5.75 Å². The molecule has 0 radical (unpaired) electrons. The van der Waals surface area contributed by atoms with Crippen LogP contribution in [0.3, 0.4) is 0 Å². The topological polar surface area (TPSA) is 86.4 Å². The quantitative estimate of drug-likeness (QED) is 0.480. The zero-order chi connectivity index (χ0) is 22.8. The zero-order valence-electron chi connectivity index (χ0n) is 18.1. The van der Waals surface area contributed by atoms with E-state index in [4.69, 9.17) is 4.74 Å². The molecule has 1 aliphatic heterocycles. The third kappa shape index (κ3) is 4.43. The number of amides is 2. The highest BCUT2D eigenvalue weighted by atomic mass is 19.1. The van der Waals surface area contributed by atoms with Gasteiger partial charge in [-0.3, -0.25) is 0 Å². The number of nitrogens with one attached hydrogen (secondary N) is 2. The minimum atomic E-state index is -0.365. The van der Waals surface area contributed by atoms with Gasteiger partial charge in [0.1, 0.15) is 17.4 Å². The summed E-state index contributed by atoms with van der Waals surface area (Å²) in [4.78, 5) is 27.9. The number of rotatable bonds is 4. The molecule has 2 N–H and O–H groups in total. The van der Waals surface area contributed by atoms with Crippen LogP contribution in [0, 0.1) is 12.7 Å². The van der Waals surface area contributed by atoms with Crippen LogP contribution in [0.4, 0.5) is 20.6 Å². The summed E-state index contributed by atoms with van der Waals surface area (Å²) in [7, 11) is 0. The Labute approximate surface area is 190 Å². The van der Waals surface area contributed by atoms with Gasteiger partial charge in [-0.25, -0.2) is 19.2 Å². The first-order valence-electron chi connectivity index (χ1n) is 10.7. The Balaban J connectivity index is 1.17. The Bertz CT molecular complexity index is 1260. The highest BCUT2D eigenvalue weighted by Crippen LogP contribution is 2.27. The minimum absolute atomic E-state index is 0.233. The standard InChI is InChI=1S/C24H23FN6O2/c1-16-26-13-19(14-27-16)33-18-7-5-17(6-8-18)30-9-11-31(12-10-30)24(32)29-22-15-28-21-4-2-3-20(25)23(21)22/h2-8,13-15,28H,9-12H2,1H3,(H,29,32). The van der Waals surface area contributed by atoms with E-state index in [0.29, 0.717) is 60.1 Å². The van der Waals surface area contributed by atoms with E-state index in [9.17, 15) is 9.18 Å². The van der Waals surface area contributed by atoms with Gasteiger partial charge in [0.2, 0.25) is 0 Å². The lowest BCUT2D eigenvalue weighted by molar-refractivity contribution is 0.208. The fourth-order valence-corrected chi connectivity index (χ4v) is 3.90. The van der Waals surface area contributed by atoms with E-state index in [0.717, 1.165) is 5.69 Å². The van der Waals surface area contributed by atoms with Crippen LogP contribution >= 0.6 is 0 Å². The van der Waals surface area contributed by atoms with Crippen molar-refractivity contribution in [3.8, 4) is 11.5 Å². The molecule has 9 heteroatoms. The number of halogens is 1. The maximum Gasteiger partial charge on any atom is 0.322 e. The molecule has 0 spiro atoms. The molecule has 0 unspecified atom stereocenters. The van der Waals surface area contributed by atoms with E-state index in [1.54, 1.807) is 35.6 Å². The van der Waals surface area contributed by atoms with Crippen molar-refractivity contribution in [2.45, 2.75) is 6.92 Å². The normalized spacial score (nSPS) is 13.9. The third-order valence-electron chi connectivity index (χ3n) is 5.66. The Hall–Kier alpha value is -4.14. The number of nitrogens with zero attached hydrogens (tertiary/aromatic N) is 4. The van der Waals surface area contributed by atoms with Crippen molar-refractivity contribution in [2.24, 2.45) is 0 Å². The van der Waals surface area contributed by atoms with Crippen LogP contribution < -0.4 is 15.0 Å². The number of carbonyl (C=O) groups excluding carboxylic acids is 1. The molecule has 2 aromatic carbocycles. The van der Waals surface area contributed by atoms with Gasteiger partial charge in [-0.05, 0) is 43.3 Å². The molecule has 3 heterocycles. The van der Waals surface area contributed by atoms with Gasteiger partial charge in [0.25, 0.3) is 0 Å². The third-order valence-corrected chi connectivity index (χ3v) is 5.66. The van der Waals surface area contributed by atoms with Crippen molar-refractivity contribution in [1.82, 2.24) is 19.9 Å². The largest absolute Gasteiger partial charge is 0.454 e. The number of piperazine rings is 1. The SMILES string of the molecule is Cc1ncc(Oc2ccc(N3CCN(C(=O)Nc4c[nH]c5cccc(F)c45)CC3)cc2)cn1. The van der Waals surface area contributed by atoms with Crippen LogP contribution in [0.15, 0.2) is 61.1 Å². The molecule has 4 aromatic rings. The molecule has 5 rings (SSSR count). The molecule has 0 atom stereocenters. The summed E-state index contributed by atoms with van der Waals surface area (Å²) in [5.41, 5.74) is 2.16. The monoisotopic (exact) mass is 446 g/mol. The summed E-state index contributed by atoms with van der Waals surface area (Å²) in [6.45, 7) is 4.35. The van der Waals surface area contributed by atoms with E-state index in [2.05, 4.69) is 25.2 Å². The lowest BCUT2D eigenvalue weighted by Crippen LogP contribution is -2.50. The van der Waals surface area contributed by atoms with E-state index < -0.39 is 0 Å². The van der Waals surface area contributed by atoms with Gasteiger partial charge in [0, 0.05) is 38.1 Å². The molecule has 0 aliphatic carbocycles. The highest BCUT2D eigenvalue weighted by Gasteiger charge is 2.22. The number of anilines is 2. The molecule has 2 aromatic heterocycles. The van der Waals surface area contributed by atoms with Gasteiger partial charge in [0.05, 0.1) is 29.0 Å². The van der Waals surface area contributed by atoms with E-state index >= 15 is 0 Å². The van der Waals surface area contributed by atoms with Gasteiger partial charge in [-0.2, -0.15) is 0 Å². The van der Waals surface area contributed by atoms with Crippen molar-refractivity contribution in [2.75, 3.05) is 36.4 Å². The first kappa shape index (κ1) is 20.7. The number of fused-ring (bicyclic) bond motifs is 1. The number of urea groups is 1. The number of ether oxygens (including phenoxy) is 1. The maximum absolute atomic E-state index is 14.2. The summed E-state index contributed by atoms with van der Waals surface area (Å²) in [5.74, 6) is 1.62. The van der Waals surface area contributed by atoms with Crippen LogP contribution in [-0.2, 0) is 0 Å². The number of hydrogen-bond donors (Lipinski definition) is 2. The van der Waals surface area contributed by atoms with Gasteiger partial charge in [-0.15, -0.1) is 0 Å². The fourth-order valence-electron chi connectivity index (χ4n) is 3.90. The second-order valence-electron chi connectivity index (χ2n) is 7.83. The van der Waals surface area contributed by atoms with E-state index in [1.165, 1.54) is 6.07 Å². The maximum atomic E-state index is 14.2. The van der Waals surface area contributed by atoms with Crippen molar-refractivity contribution in [3.05, 3.63) is 72.7 Å². The Morgan fingerprint density at radius 2 is 1.76 bits per heavy atom. The molecule has 168 valence electrons. The smallest absolute Gasteiger partial charge is 0.322 e. The highest BCUT2D eigenvalue weighted by molar-refractivity contribution is 6.01. The Morgan fingerprint density at radius 3 is 2.48 bits per heavy atom. The average molecular weight is 446 g/mol. The summed E-state index contributed by atoms with van der Waals surface area (Å²) < 4.78 is 20.0. The molecule has 0 saturated carbocycles. The fraction of sp³-hybridized carbons (Fsp3) is 0.208. The molecule has 33 heavy (non-hydrogen) atoms. The predicted octanol–water partition coefficient (Wildman–Crippen LogP) is 4.55. The molecular weight excluding hydrogens is 423 g/mol. The number of hydrogen-bond acceptors (Lipinski definition) is 5. The van der Waals surface area contributed by atoms with Crippen LogP contribution in [-0.4, -0.2) is 52.1 Å². The van der Waals surface area contributed by atoms with Crippen LogP contribution in [0.1, 0.15) is 5.82 Å². The number of aryl methyl sites for hydroxylation is 1. The second-order valence-corrected chi connectivity index (χ2v) is 7.83. The second kappa shape index (κ2) is 8.78. The molecule has 1 aliphatic rings. The van der Waals surface area contributed by atoms with Gasteiger partial charge in [-0.1, -0.05) is 6.07 Å². The number of H-pyrrole nitrogens is 1. The van der Waals surface area contributed by atoms with E-state index in [1.807, 2.05) is 31.2 Å². The Kier molecular flexibility index (Phi) is 5.52. The van der Waals surface area contributed by atoms with E-state index in [-0.39, 0.29) is 11.8 Å². The van der Waals surface area contributed by atoms with Crippen molar-refractivity contribution >= 4 is 28.3 Å². The predicted molar refractivity (Wildman–Crippen MR) is 124 cm³/mol. The summed E-state index contributed by atoms with van der Waals surface area (Å²) in [5, 5.41) is 3.23. The zero-order valence-corrected chi connectivity index (χ0v) is 18.1. The lowest BCUT2D eigenvalue weighted by Gasteiger charge is -2.36. The summed E-state index contributed by atoms with van der Waals surface area (Å²) >= 11 is 0. The lowest BCUT2D eigenvalue weighted by atomic mass is 10.2. The van der Waals surface area contributed by atoms with Gasteiger partial charge >= 0.3 is 6.03 Å². The van der Waals surface area contributed by atoms with Gasteiger partial charge < -0.3 is 24.8 Å². The molecule has 0 bridgehead atoms. The van der Waals surface area contributed by atoms with Crippen LogP contribution in [0.2, 0.25) is 0 Å². The molecule has 1 fully saturated rings. The molecule has 8 nitrogen and oxygen atoms in total. The minimum Gasteiger partial charge on any atom is -0.454 e. The van der Waals surface area contributed by atoms with Crippen LogP contribution in [0.5, 0.6) is 11.5 Å². The first-order valence-corrected chi connectivity index (χ1v) is 10.7. The van der Waals surface area contributed by atoms with Crippen molar-refractivity contribution < 1.29 is 13.9 Å². The number of aromatic amines is 1. The van der Waals surface area contributed by atoms with Crippen molar-refractivity contribution in [3.63, 3.8) is 0 Å². The van der Waals surface area contributed by atoms with Crippen molar-refractivity contribution in [1.29, 1.82) is 0 Å². The summed E-state index contributed by atoms with van der Waals surface area (Å²) in [6.07, 6.45) is 4.91. The number of benzene rings is 2. The van der Waals surface area contributed by atoms with Crippen LogP contribution in [0.25, 0.3) is 10.9 Å². The molecular formula is C24H23FN6O2.